The van der Waals surface area contributed by atoms with Crippen molar-refractivity contribution < 1.29 is 8.42 Å². The van der Waals surface area contributed by atoms with E-state index in [1.165, 1.54) is 10.9 Å². The molecule has 1 aromatic heterocycles. The number of hydrogen-bond acceptors (Lipinski definition) is 3. The van der Waals surface area contributed by atoms with Crippen LogP contribution in [0, 0.1) is 0 Å². The Bertz CT molecular complexity index is 829. The summed E-state index contributed by atoms with van der Waals surface area (Å²) in [5.41, 5.74) is 1.92. The second-order valence-electron chi connectivity index (χ2n) is 6.39. The van der Waals surface area contributed by atoms with Gasteiger partial charge in [0, 0.05) is 23.6 Å². The van der Waals surface area contributed by atoms with Crippen molar-refractivity contribution >= 4 is 38.1 Å². The molecule has 0 radical (unpaired) electrons. The van der Waals surface area contributed by atoms with Crippen molar-refractivity contribution in [2.45, 2.75) is 25.3 Å². The van der Waals surface area contributed by atoms with Crippen LogP contribution in [0.15, 0.2) is 30.5 Å². The van der Waals surface area contributed by atoms with Crippen LogP contribution in [0.4, 0.5) is 0 Å². The number of H-pyrrole nitrogens is 1. The van der Waals surface area contributed by atoms with Gasteiger partial charge >= 0.3 is 0 Å². The van der Waals surface area contributed by atoms with Gasteiger partial charge in [-0.05, 0) is 43.6 Å². The number of rotatable bonds is 4. The fourth-order valence-corrected chi connectivity index (χ4v) is 5.52. The van der Waals surface area contributed by atoms with Gasteiger partial charge in [0.05, 0.1) is 17.0 Å². The van der Waals surface area contributed by atoms with E-state index >= 15 is 0 Å². The van der Waals surface area contributed by atoms with E-state index in [0.717, 1.165) is 11.9 Å². The highest BCUT2D eigenvalue weighted by molar-refractivity contribution is 7.91. The summed E-state index contributed by atoms with van der Waals surface area (Å²) in [4.78, 5) is 3.26. The molecule has 0 unspecified atom stereocenters. The van der Waals surface area contributed by atoms with Crippen molar-refractivity contribution in [3.05, 3.63) is 36.0 Å². The highest BCUT2D eigenvalue weighted by atomic mass is 32.2. The molecule has 3 N–H and O–H groups in total. The number of nitrogens with one attached hydrogen (secondary N) is 3. The zero-order valence-corrected chi connectivity index (χ0v) is 14.7. The van der Waals surface area contributed by atoms with Crippen LogP contribution < -0.4 is 10.6 Å². The SMILES string of the molecule is C[C@]1(NC(=S)NCCc2c[nH]c3ccccc23)CCS(=O)(=O)C1. The molecule has 0 aliphatic carbocycles. The van der Waals surface area contributed by atoms with Gasteiger partial charge in [-0.25, -0.2) is 8.42 Å². The first-order valence-corrected chi connectivity index (χ1v) is 9.91. The molecule has 1 aliphatic rings. The lowest BCUT2D eigenvalue weighted by Crippen LogP contribution is -2.51. The molecule has 23 heavy (non-hydrogen) atoms. The zero-order chi connectivity index (χ0) is 16.5. The molecular formula is C16H21N3O2S2. The Morgan fingerprint density at radius 3 is 2.91 bits per heavy atom. The van der Waals surface area contributed by atoms with Crippen LogP contribution in [-0.2, 0) is 16.3 Å². The van der Waals surface area contributed by atoms with Crippen molar-refractivity contribution in [2.24, 2.45) is 0 Å². The fraction of sp³-hybridized carbons (Fsp3) is 0.438. The first-order chi connectivity index (χ1) is 10.9. The molecule has 0 saturated carbocycles. The Kier molecular flexibility index (Phi) is 4.33. The summed E-state index contributed by atoms with van der Waals surface area (Å²) < 4.78 is 23.2. The van der Waals surface area contributed by atoms with E-state index in [0.29, 0.717) is 18.1 Å². The predicted octanol–water partition coefficient (Wildman–Crippen LogP) is 1.75. The average molecular weight is 351 g/mol. The van der Waals surface area contributed by atoms with Crippen molar-refractivity contribution in [1.29, 1.82) is 0 Å². The van der Waals surface area contributed by atoms with Gasteiger partial charge in [-0.15, -0.1) is 0 Å². The van der Waals surface area contributed by atoms with Gasteiger partial charge in [0.15, 0.2) is 14.9 Å². The number of sulfone groups is 1. The summed E-state index contributed by atoms with van der Waals surface area (Å²) in [7, 11) is -2.93. The van der Waals surface area contributed by atoms with Gasteiger partial charge < -0.3 is 15.6 Å². The minimum absolute atomic E-state index is 0.143. The molecule has 2 heterocycles. The van der Waals surface area contributed by atoms with E-state index in [9.17, 15) is 8.42 Å². The van der Waals surface area contributed by atoms with Gasteiger partial charge in [0.2, 0.25) is 0 Å². The molecule has 1 saturated heterocycles. The lowest BCUT2D eigenvalue weighted by molar-refractivity contribution is 0.468. The predicted molar refractivity (Wildman–Crippen MR) is 97.4 cm³/mol. The lowest BCUT2D eigenvalue weighted by atomic mass is 10.0. The number of benzene rings is 1. The van der Waals surface area contributed by atoms with Crippen molar-refractivity contribution in [2.75, 3.05) is 18.1 Å². The van der Waals surface area contributed by atoms with Crippen LogP contribution in [0.3, 0.4) is 0 Å². The Morgan fingerprint density at radius 1 is 1.39 bits per heavy atom. The first kappa shape index (κ1) is 16.3. The molecule has 1 aliphatic heterocycles. The standard InChI is InChI=1S/C16H21N3O2S2/c1-16(7-9-23(20,21)11-16)19-15(22)17-8-6-12-10-18-14-5-3-2-4-13(12)14/h2-5,10,18H,6-9,11H2,1H3,(H2,17,19,22)/t16-/m0/s1. The maximum atomic E-state index is 11.6. The van der Waals surface area contributed by atoms with Crippen LogP contribution >= 0.6 is 12.2 Å². The maximum Gasteiger partial charge on any atom is 0.166 e. The maximum absolute atomic E-state index is 11.6. The Morgan fingerprint density at radius 2 is 2.17 bits per heavy atom. The van der Waals surface area contributed by atoms with Crippen LogP contribution in [0.1, 0.15) is 18.9 Å². The molecule has 5 nitrogen and oxygen atoms in total. The van der Waals surface area contributed by atoms with Crippen LogP contribution in [0.5, 0.6) is 0 Å². The van der Waals surface area contributed by atoms with Gasteiger partial charge in [0.1, 0.15) is 0 Å². The van der Waals surface area contributed by atoms with Crippen molar-refractivity contribution in [3.63, 3.8) is 0 Å². The summed E-state index contributed by atoms with van der Waals surface area (Å²) in [6, 6.07) is 8.19. The fourth-order valence-electron chi connectivity index (χ4n) is 3.08. The van der Waals surface area contributed by atoms with E-state index in [1.807, 2.05) is 25.3 Å². The van der Waals surface area contributed by atoms with Crippen LogP contribution in [0.2, 0.25) is 0 Å². The van der Waals surface area contributed by atoms with E-state index in [1.54, 1.807) is 0 Å². The normalized spacial score (nSPS) is 23.0. The van der Waals surface area contributed by atoms with Crippen LogP contribution in [-0.4, -0.2) is 42.1 Å². The van der Waals surface area contributed by atoms with E-state index in [2.05, 4.69) is 27.8 Å². The minimum Gasteiger partial charge on any atom is -0.362 e. The summed E-state index contributed by atoms with van der Waals surface area (Å²) in [6.45, 7) is 2.61. The molecule has 1 atom stereocenters. The van der Waals surface area contributed by atoms with Crippen molar-refractivity contribution in [3.8, 4) is 0 Å². The first-order valence-electron chi connectivity index (χ1n) is 7.68. The Balaban J connectivity index is 1.52. The molecule has 3 rings (SSSR count). The second-order valence-corrected chi connectivity index (χ2v) is 8.99. The third kappa shape index (κ3) is 3.84. The highest BCUT2D eigenvalue weighted by Crippen LogP contribution is 2.22. The summed E-state index contributed by atoms with van der Waals surface area (Å²) in [5.74, 6) is 0.374. The monoisotopic (exact) mass is 351 g/mol. The van der Waals surface area contributed by atoms with Crippen molar-refractivity contribution in [1.82, 2.24) is 15.6 Å². The number of para-hydroxylation sites is 1. The molecule has 0 amide bonds. The molecule has 2 aromatic rings. The number of thiocarbonyl (C=S) groups is 1. The quantitative estimate of drug-likeness (QED) is 0.732. The number of aromatic amines is 1. The molecular weight excluding hydrogens is 330 g/mol. The summed E-state index contributed by atoms with van der Waals surface area (Å²) >= 11 is 5.30. The Labute approximate surface area is 141 Å². The third-order valence-electron chi connectivity index (χ3n) is 4.27. The largest absolute Gasteiger partial charge is 0.362 e. The second kappa shape index (κ2) is 6.13. The van der Waals surface area contributed by atoms with Crippen LogP contribution in [0.25, 0.3) is 10.9 Å². The van der Waals surface area contributed by atoms with Gasteiger partial charge in [-0.1, -0.05) is 18.2 Å². The molecule has 7 heteroatoms. The van der Waals surface area contributed by atoms with Gasteiger partial charge in [-0.3, -0.25) is 0 Å². The van der Waals surface area contributed by atoms with E-state index in [4.69, 9.17) is 12.2 Å². The minimum atomic E-state index is -2.93. The number of aromatic nitrogens is 1. The molecule has 0 spiro atoms. The smallest absolute Gasteiger partial charge is 0.166 e. The van der Waals surface area contributed by atoms with Gasteiger partial charge in [-0.2, -0.15) is 0 Å². The summed E-state index contributed by atoms with van der Waals surface area (Å²) in [6.07, 6.45) is 3.47. The number of hydrogen-bond donors (Lipinski definition) is 3. The lowest BCUT2D eigenvalue weighted by Gasteiger charge is -2.25. The molecule has 1 aromatic carbocycles. The van der Waals surface area contributed by atoms with Gasteiger partial charge in [0.25, 0.3) is 0 Å². The van der Waals surface area contributed by atoms with E-state index < -0.39 is 15.4 Å². The Hall–Kier alpha value is -1.60. The molecule has 124 valence electrons. The highest BCUT2D eigenvalue weighted by Gasteiger charge is 2.38. The zero-order valence-electron chi connectivity index (χ0n) is 13.1. The number of fused-ring (bicyclic) bond motifs is 1. The third-order valence-corrected chi connectivity index (χ3v) is 6.42. The molecule has 0 bridgehead atoms. The average Bonchev–Trinajstić information content (AvgIpc) is 3.00. The van der Waals surface area contributed by atoms with E-state index in [-0.39, 0.29) is 11.5 Å². The summed E-state index contributed by atoms with van der Waals surface area (Å²) in [5, 5.41) is 8.08. The topological polar surface area (TPSA) is 74.0 Å². The molecule has 1 fully saturated rings.